The van der Waals surface area contributed by atoms with Gasteiger partial charge in [-0.2, -0.15) is 0 Å². The minimum absolute atomic E-state index is 0.410. The lowest BCUT2D eigenvalue weighted by Gasteiger charge is -2.21. The average Bonchev–Trinajstić information content (AvgIpc) is 2.84. The molecule has 0 aliphatic carbocycles. The monoisotopic (exact) mass is 365 g/mol. The summed E-state index contributed by atoms with van der Waals surface area (Å²) in [5, 5.41) is 0. The molecule has 0 spiro atoms. The van der Waals surface area contributed by atoms with Crippen molar-refractivity contribution < 1.29 is 14.3 Å². The summed E-state index contributed by atoms with van der Waals surface area (Å²) in [5.74, 6) is 0.689. The van der Waals surface area contributed by atoms with Gasteiger partial charge in [-0.1, -0.05) is 0 Å². The van der Waals surface area contributed by atoms with E-state index in [4.69, 9.17) is 9.47 Å². The summed E-state index contributed by atoms with van der Waals surface area (Å²) in [4.78, 5) is 12.4. The molecule has 0 aliphatic rings. The van der Waals surface area contributed by atoms with Gasteiger partial charge in [-0.3, -0.25) is 4.57 Å². The van der Waals surface area contributed by atoms with Gasteiger partial charge < -0.3 is 9.47 Å². The number of benzene rings is 1. The van der Waals surface area contributed by atoms with E-state index in [-0.39, 0.29) is 0 Å². The van der Waals surface area contributed by atoms with Crippen LogP contribution in [0.15, 0.2) is 34.9 Å². The highest BCUT2D eigenvalue weighted by molar-refractivity contribution is 9.10. The Balaban J connectivity index is 2.52. The van der Waals surface area contributed by atoms with Crippen LogP contribution in [-0.2, 0) is 4.74 Å². The minimum Gasteiger partial charge on any atom is -0.495 e. The van der Waals surface area contributed by atoms with Crippen LogP contribution in [0.2, 0.25) is 0 Å². The summed E-state index contributed by atoms with van der Waals surface area (Å²) in [6.45, 7) is 7.53. The van der Waals surface area contributed by atoms with Gasteiger partial charge in [0.2, 0.25) is 0 Å². The van der Waals surface area contributed by atoms with Gasteiger partial charge in [-0.15, -0.1) is 0 Å². The van der Waals surface area contributed by atoms with Crippen molar-refractivity contribution in [1.82, 2.24) is 4.57 Å². The molecule has 5 heteroatoms. The number of ether oxygens (including phenoxy) is 2. The van der Waals surface area contributed by atoms with E-state index in [1.165, 1.54) is 4.57 Å². The average molecular weight is 366 g/mol. The molecule has 0 saturated heterocycles. The number of methoxy groups -OCH3 is 1. The van der Waals surface area contributed by atoms with Gasteiger partial charge in [0.25, 0.3) is 0 Å². The van der Waals surface area contributed by atoms with Crippen LogP contribution >= 0.6 is 15.9 Å². The molecule has 0 saturated carbocycles. The Morgan fingerprint density at radius 1 is 1.27 bits per heavy atom. The van der Waals surface area contributed by atoms with Gasteiger partial charge in [0.05, 0.1) is 17.3 Å². The van der Waals surface area contributed by atoms with Crippen molar-refractivity contribution in [3.63, 3.8) is 0 Å². The minimum atomic E-state index is -0.546. The number of aromatic nitrogens is 1. The van der Waals surface area contributed by atoms with E-state index in [9.17, 15) is 4.79 Å². The number of aryl methyl sites for hydroxylation is 1. The predicted molar refractivity (Wildman–Crippen MR) is 90.5 cm³/mol. The first-order chi connectivity index (χ1) is 10.2. The van der Waals surface area contributed by atoms with E-state index in [2.05, 4.69) is 15.9 Å². The van der Waals surface area contributed by atoms with Crippen LogP contribution in [-0.4, -0.2) is 23.4 Å². The lowest BCUT2D eigenvalue weighted by molar-refractivity contribution is 0.0540. The number of carbonyl (C=O) groups is 1. The summed E-state index contributed by atoms with van der Waals surface area (Å²) >= 11 is 3.50. The van der Waals surface area contributed by atoms with Gasteiger partial charge in [0.1, 0.15) is 11.4 Å². The molecular weight excluding hydrogens is 346 g/mol. The van der Waals surface area contributed by atoms with Crippen LogP contribution in [0.1, 0.15) is 26.3 Å². The highest BCUT2D eigenvalue weighted by Gasteiger charge is 2.21. The van der Waals surface area contributed by atoms with Crippen molar-refractivity contribution in [2.45, 2.75) is 33.3 Å². The summed E-state index contributed by atoms with van der Waals surface area (Å²) in [6.07, 6.45) is 1.28. The van der Waals surface area contributed by atoms with Crippen molar-refractivity contribution in [3.05, 3.63) is 40.5 Å². The van der Waals surface area contributed by atoms with Crippen molar-refractivity contribution >= 4 is 22.0 Å². The Bertz CT molecular complexity index is 698. The molecule has 0 bridgehead atoms. The van der Waals surface area contributed by atoms with Gasteiger partial charge in [0.15, 0.2) is 0 Å². The zero-order valence-electron chi connectivity index (χ0n) is 13.4. The van der Waals surface area contributed by atoms with Gasteiger partial charge in [-0.25, -0.2) is 4.79 Å². The molecule has 2 aromatic rings. The third-order valence-corrected chi connectivity index (χ3v) is 3.60. The number of halogens is 1. The molecule has 0 aliphatic heterocycles. The summed E-state index contributed by atoms with van der Waals surface area (Å²) in [6, 6.07) is 7.64. The van der Waals surface area contributed by atoms with Crippen molar-refractivity contribution in [3.8, 4) is 17.0 Å². The highest BCUT2D eigenvalue weighted by atomic mass is 79.9. The summed E-state index contributed by atoms with van der Waals surface area (Å²) in [7, 11) is 1.61. The number of carbonyl (C=O) groups excluding carboxylic acids is 1. The number of nitrogens with zero attached hydrogens (tertiary/aromatic N) is 1. The molecule has 118 valence electrons. The van der Waals surface area contributed by atoms with Crippen molar-refractivity contribution in [1.29, 1.82) is 0 Å². The van der Waals surface area contributed by atoms with Gasteiger partial charge in [0, 0.05) is 11.8 Å². The Labute approximate surface area is 139 Å². The van der Waals surface area contributed by atoms with Crippen LogP contribution in [0.3, 0.4) is 0 Å². The topological polar surface area (TPSA) is 40.5 Å². The quantitative estimate of drug-likeness (QED) is 0.750. The first-order valence-electron chi connectivity index (χ1n) is 6.98. The molecule has 0 fully saturated rings. The van der Waals surface area contributed by atoms with Crippen LogP contribution in [0.4, 0.5) is 4.79 Å². The molecule has 0 radical (unpaired) electrons. The zero-order chi connectivity index (χ0) is 16.5. The van der Waals surface area contributed by atoms with Crippen LogP contribution in [0.25, 0.3) is 11.3 Å². The molecule has 1 heterocycles. The molecule has 22 heavy (non-hydrogen) atoms. The number of hydrogen-bond donors (Lipinski definition) is 0. The van der Waals surface area contributed by atoms with Crippen molar-refractivity contribution in [2.75, 3.05) is 7.11 Å². The molecule has 0 atom stereocenters. The molecule has 0 N–H and O–H groups in total. The third kappa shape index (κ3) is 3.53. The zero-order valence-corrected chi connectivity index (χ0v) is 15.0. The number of hydrogen-bond acceptors (Lipinski definition) is 3. The number of rotatable bonds is 2. The first kappa shape index (κ1) is 16.6. The molecule has 1 aromatic heterocycles. The lowest BCUT2D eigenvalue weighted by atomic mass is 10.1. The summed E-state index contributed by atoms with van der Waals surface area (Å²) < 4.78 is 13.3. The molecule has 0 unspecified atom stereocenters. The Morgan fingerprint density at radius 3 is 2.55 bits per heavy atom. The molecule has 4 nitrogen and oxygen atoms in total. The van der Waals surface area contributed by atoms with Gasteiger partial charge in [-0.05, 0) is 73.5 Å². The van der Waals surface area contributed by atoms with Crippen LogP contribution < -0.4 is 4.74 Å². The predicted octanol–water partition coefficient (Wildman–Crippen LogP) is 5.02. The van der Waals surface area contributed by atoms with E-state index in [0.29, 0.717) is 5.75 Å². The maximum Gasteiger partial charge on any atom is 0.418 e. The third-order valence-electron chi connectivity index (χ3n) is 3.01. The maximum atomic E-state index is 12.4. The smallest absolute Gasteiger partial charge is 0.418 e. The first-order valence-corrected chi connectivity index (χ1v) is 7.77. The van der Waals surface area contributed by atoms with Gasteiger partial charge >= 0.3 is 6.09 Å². The normalized spacial score (nSPS) is 11.4. The molecular formula is C17H20BrNO3. The Hall–Kier alpha value is -1.75. The van der Waals surface area contributed by atoms with E-state index in [0.717, 1.165) is 21.3 Å². The fourth-order valence-corrected chi connectivity index (χ4v) is 2.93. The second-order valence-electron chi connectivity index (χ2n) is 6.07. The van der Waals surface area contributed by atoms with Crippen molar-refractivity contribution in [2.24, 2.45) is 0 Å². The lowest BCUT2D eigenvalue weighted by Crippen LogP contribution is -2.27. The fraction of sp³-hybridized carbons (Fsp3) is 0.353. The van der Waals surface area contributed by atoms with E-state index >= 15 is 0 Å². The Morgan fingerprint density at radius 2 is 1.95 bits per heavy atom. The standard InChI is InChI=1S/C17H20BrNO3/c1-11-9-12(15(21-5)13(18)10-11)14-7-6-8-19(14)16(20)22-17(2,3)4/h6-10H,1-5H3. The Kier molecular flexibility index (Phi) is 4.66. The second-order valence-corrected chi connectivity index (χ2v) is 6.93. The maximum absolute atomic E-state index is 12.4. The van der Waals surface area contributed by atoms with E-state index in [1.807, 2.05) is 52.0 Å². The second kappa shape index (κ2) is 6.16. The van der Waals surface area contributed by atoms with E-state index < -0.39 is 11.7 Å². The largest absolute Gasteiger partial charge is 0.495 e. The van der Waals surface area contributed by atoms with E-state index in [1.54, 1.807) is 13.3 Å². The molecule has 2 rings (SSSR count). The fourth-order valence-electron chi connectivity index (χ4n) is 2.20. The van der Waals surface area contributed by atoms with Crippen LogP contribution in [0.5, 0.6) is 5.75 Å². The molecule has 0 amide bonds. The molecule has 1 aromatic carbocycles. The summed E-state index contributed by atoms with van der Waals surface area (Å²) in [5.41, 5.74) is 2.09. The highest BCUT2D eigenvalue weighted by Crippen LogP contribution is 2.37. The SMILES string of the molecule is COc1c(Br)cc(C)cc1-c1cccn1C(=O)OC(C)(C)C. The van der Waals surface area contributed by atoms with Crippen LogP contribution in [0, 0.1) is 6.92 Å².